The van der Waals surface area contributed by atoms with Crippen LogP contribution in [0, 0.1) is 0 Å². The Morgan fingerprint density at radius 1 is 1.37 bits per heavy atom. The number of phenolic OH excluding ortho intramolecular Hbond substituents is 1. The van der Waals surface area contributed by atoms with E-state index in [1.165, 1.54) is 25.2 Å². The molecular formula is C11H12N2O5S. The van der Waals surface area contributed by atoms with E-state index in [4.69, 9.17) is 0 Å². The second-order valence-electron chi connectivity index (χ2n) is 4.17. The maximum absolute atomic E-state index is 12.0. The lowest BCUT2D eigenvalue weighted by atomic mass is 10.3. The minimum Gasteiger partial charge on any atom is -0.508 e. The number of aromatic hydroxyl groups is 1. The molecule has 1 aromatic carbocycles. The summed E-state index contributed by atoms with van der Waals surface area (Å²) >= 11 is 0. The fourth-order valence-electron chi connectivity index (χ4n) is 1.75. The molecule has 1 aliphatic rings. The molecule has 1 unspecified atom stereocenters. The van der Waals surface area contributed by atoms with Gasteiger partial charge in [0.15, 0.2) is 0 Å². The van der Waals surface area contributed by atoms with Gasteiger partial charge in [-0.15, -0.1) is 0 Å². The number of benzene rings is 1. The molecular weight excluding hydrogens is 272 g/mol. The first-order valence-electron chi connectivity index (χ1n) is 5.43. The van der Waals surface area contributed by atoms with Gasteiger partial charge >= 0.3 is 0 Å². The van der Waals surface area contributed by atoms with E-state index in [9.17, 15) is 23.1 Å². The number of likely N-dealkylation sites (tertiary alicyclic amines) is 1. The minimum atomic E-state index is -3.96. The Bertz CT molecular complexity index is 640. The van der Waals surface area contributed by atoms with Gasteiger partial charge in [0.2, 0.25) is 21.8 Å². The van der Waals surface area contributed by atoms with Crippen molar-refractivity contribution in [3.63, 3.8) is 0 Å². The van der Waals surface area contributed by atoms with Crippen LogP contribution in [0.1, 0.15) is 6.42 Å². The first-order chi connectivity index (χ1) is 8.81. The van der Waals surface area contributed by atoms with Crippen LogP contribution in [0.4, 0.5) is 0 Å². The minimum absolute atomic E-state index is 0.165. The zero-order valence-electron chi connectivity index (χ0n) is 10.0. The van der Waals surface area contributed by atoms with Gasteiger partial charge in [-0.2, -0.15) is 4.72 Å². The number of phenols is 1. The smallest absolute Gasteiger partial charge is 0.247 e. The van der Waals surface area contributed by atoms with E-state index >= 15 is 0 Å². The summed E-state index contributed by atoms with van der Waals surface area (Å²) in [5.74, 6) is -1.23. The van der Waals surface area contributed by atoms with Crippen molar-refractivity contribution in [2.45, 2.75) is 17.4 Å². The zero-order valence-corrected chi connectivity index (χ0v) is 10.8. The van der Waals surface area contributed by atoms with Crippen LogP contribution < -0.4 is 4.72 Å². The largest absolute Gasteiger partial charge is 0.508 e. The molecule has 2 rings (SSSR count). The lowest BCUT2D eigenvalue weighted by molar-refractivity contribution is -0.137. The van der Waals surface area contributed by atoms with Crippen molar-refractivity contribution in [1.82, 2.24) is 9.62 Å². The average Bonchev–Trinajstić information content (AvgIpc) is 2.57. The fraction of sp³-hybridized carbons (Fsp3) is 0.273. The number of nitrogens with zero attached hydrogens (tertiary/aromatic N) is 1. The molecule has 19 heavy (non-hydrogen) atoms. The van der Waals surface area contributed by atoms with Gasteiger partial charge in [-0.1, -0.05) is 6.07 Å². The predicted octanol–water partition coefficient (Wildman–Crippen LogP) is -0.572. The Labute approximate surface area is 109 Å². The van der Waals surface area contributed by atoms with Crippen molar-refractivity contribution in [1.29, 1.82) is 0 Å². The van der Waals surface area contributed by atoms with E-state index < -0.39 is 27.9 Å². The number of nitrogens with one attached hydrogen (secondary N) is 1. The molecule has 2 amide bonds. The fourth-order valence-corrected chi connectivity index (χ4v) is 2.98. The highest BCUT2D eigenvalue weighted by atomic mass is 32.2. The molecule has 7 nitrogen and oxygen atoms in total. The van der Waals surface area contributed by atoms with Gasteiger partial charge in [-0.25, -0.2) is 8.42 Å². The van der Waals surface area contributed by atoms with Crippen LogP contribution in [0.2, 0.25) is 0 Å². The molecule has 0 bridgehead atoms. The third-order valence-electron chi connectivity index (χ3n) is 2.81. The number of amides is 2. The maximum Gasteiger partial charge on any atom is 0.247 e. The Kier molecular flexibility index (Phi) is 3.29. The first-order valence-corrected chi connectivity index (χ1v) is 6.91. The predicted molar refractivity (Wildman–Crippen MR) is 64.6 cm³/mol. The van der Waals surface area contributed by atoms with Gasteiger partial charge in [0.05, 0.1) is 11.3 Å². The highest BCUT2D eigenvalue weighted by Crippen LogP contribution is 2.18. The van der Waals surface area contributed by atoms with E-state index in [0.29, 0.717) is 0 Å². The lowest BCUT2D eigenvalue weighted by Crippen LogP contribution is -2.40. The van der Waals surface area contributed by atoms with E-state index in [1.54, 1.807) is 0 Å². The first kappa shape index (κ1) is 13.5. The molecule has 1 fully saturated rings. The SMILES string of the molecule is CN1C(=O)CC(NS(=O)(=O)c2cccc(O)c2)C1=O. The average molecular weight is 284 g/mol. The van der Waals surface area contributed by atoms with Crippen molar-refractivity contribution in [2.24, 2.45) is 0 Å². The van der Waals surface area contributed by atoms with E-state index in [1.807, 2.05) is 0 Å². The molecule has 2 N–H and O–H groups in total. The maximum atomic E-state index is 12.0. The van der Waals surface area contributed by atoms with Crippen molar-refractivity contribution in [3.05, 3.63) is 24.3 Å². The standard InChI is InChI=1S/C11H12N2O5S/c1-13-10(15)6-9(11(13)16)12-19(17,18)8-4-2-3-7(14)5-8/h2-5,9,12,14H,6H2,1H3. The van der Waals surface area contributed by atoms with Crippen LogP contribution in [0.5, 0.6) is 5.75 Å². The number of imide groups is 1. The summed E-state index contributed by atoms with van der Waals surface area (Å²) in [5.41, 5.74) is 0. The van der Waals surface area contributed by atoms with Crippen LogP contribution in [-0.2, 0) is 19.6 Å². The molecule has 8 heteroatoms. The summed E-state index contributed by atoms with van der Waals surface area (Å²) in [6.07, 6.45) is -0.201. The Morgan fingerprint density at radius 3 is 2.58 bits per heavy atom. The van der Waals surface area contributed by atoms with Crippen LogP contribution >= 0.6 is 0 Å². The highest BCUT2D eigenvalue weighted by molar-refractivity contribution is 7.89. The van der Waals surface area contributed by atoms with Crippen molar-refractivity contribution in [3.8, 4) is 5.75 Å². The van der Waals surface area contributed by atoms with Crippen molar-refractivity contribution >= 4 is 21.8 Å². The van der Waals surface area contributed by atoms with Gasteiger partial charge in [0, 0.05) is 7.05 Å². The molecule has 0 saturated carbocycles. The summed E-state index contributed by atoms with van der Waals surface area (Å²) in [6.45, 7) is 0. The van der Waals surface area contributed by atoms with Gasteiger partial charge < -0.3 is 5.11 Å². The number of carbonyl (C=O) groups excluding carboxylic acids is 2. The molecule has 0 aromatic heterocycles. The molecule has 1 heterocycles. The Hall–Kier alpha value is -1.93. The summed E-state index contributed by atoms with van der Waals surface area (Å²) in [4.78, 5) is 23.6. The highest BCUT2D eigenvalue weighted by Gasteiger charge is 2.38. The Morgan fingerprint density at radius 2 is 2.05 bits per heavy atom. The van der Waals surface area contributed by atoms with E-state index in [2.05, 4.69) is 4.72 Å². The number of carbonyl (C=O) groups is 2. The molecule has 0 aliphatic carbocycles. The van der Waals surface area contributed by atoms with Gasteiger partial charge in [-0.3, -0.25) is 14.5 Å². The lowest BCUT2D eigenvalue weighted by Gasteiger charge is -2.11. The second-order valence-corrected chi connectivity index (χ2v) is 5.88. The van der Waals surface area contributed by atoms with Crippen LogP contribution in [0.15, 0.2) is 29.2 Å². The van der Waals surface area contributed by atoms with Crippen LogP contribution in [-0.4, -0.2) is 43.3 Å². The van der Waals surface area contributed by atoms with Gasteiger partial charge in [-0.05, 0) is 18.2 Å². The number of sulfonamides is 1. The Balaban J connectivity index is 2.24. The quantitative estimate of drug-likeness (QED) is 0.723. The van der Waals surface area contributed by atoms with E-state index in [-0.39, 0.29) is 17.1 Å². The van der Waals surface area contributed by atoms with E-state index in [0.717, 1.165) is 11.0 Å². The number of rotatable bonds is 3. The summed E-state index contributed by atoms with van der Waals surface area (Å²) in [5, 5.41) is 9.25. The zero-order chi connectivity index (χ0) is 14.2. The van der Waals surface area contributed by atoms with Crippen molar-refractivity contribution in [2.75, 3.05) is 7.05 Å². The second kappa shape index (κ2) is 4.63. The third-order valence-corrected chi connectivity index (χ3v) is 4.28. The van der Waals surface area contributed by atoms with Gasteiger partial charge in [0.1, 0.15) is 11.8 Å². The third kappa shape index (κ3) is 2.59. The summed E-state index contributed by atoms with van der Waals surface area (Å²) < 4.78 is 26.1. The van der Waals surface area contributed by atoms with Crippen LogP contribution in [0.3, 0.4) is 0 Å². The molecule has 102 valence electrons. The summed E-state index contributed by atoms with van der Waals surface area (Å²) in [6, 6.07) is 3.96. The summed E-state index contributed by atoms with van der Waals surface area (Å²) in [7, 11) is -2.66. The number of hydrogen-bond acceptors (Lipinski definition) is 5. The topological polar surface area (TPSA) is 104 Å². The number of likely N-dealkylation sites (N-methyl/N-ethyl adjacent to an activating group) is 1. The molecule has 1 aromatic rings. The van der Waals surface area contributed by atoms with Crippen LogP contribution in [0.25, 0.3) is 0 Å². The monoisotopic (exact) mass is 284 g/mol. The molecule has 1 aliphatic heterocycles. The van der Waals surface area contributed by atoms with Gasteiger partial charge in [0.25, 0.3) is 0 Å². The molecule has 0 radical (unpaired) electrons. The number of hydrogen-bond donors (Lipinski definition) is 2. The molecule has 1 saturated heterocycles. The molecule has 1 atom stereocenters. The normalized spacial score (nSPS) is 20.1. The molecule has 0 spiro atoms. The van der Waals surface area contributed by atoms with Crippen molar-refractivity contribution < 1.29 is 23.1 Å².